The van der Waals surface area contributed by atoms with Crippen molar-refractivity contribution in [3.05, 3.63) is 107 Å². The average Bonchev–Trinajstić information content (AvgIpc) is 3.04. The fourth-order valence-electron chi connectivity index (χ4n) is 6.71. The molecule has 1 aliphatic heterocycles. The molecule has 0 N–H and O–H groups in total. The van der Waals surface area contributed by atoms with Gasteiger partial charge in [-0.05, 0) is 79.9 Å². The number of piperazine rings is 1. The Morgan fingerprint density at radius 2 is 1.55 bits per heavy atom. The van der Waals surface area contributed by atoms with Gasteiger partial charge in [-0.3, -0.25) is 14.6 Å². The van der Waals surface area contributed by atoms with Gasteiger partial charge in [0.2, 0.25) is 0 Å². The molecular weight excluding hydrogens is 566 g/mol. The molecule has 4 rings (SSSR count). The molecule has 44 heavy (non-hydrogen) atoms. The first-order chi connectivity index (χ1) is 21.2. The molecule has 1 saturated heterocycles. The summed E-state index contributed by atoms with van der Waals surface area (Å²) in [6.07, 6.45) is 0. The zero-order valence-electron chi connectivity index (χ0n) is 27.6. The summed E-state index contributed by atoms with van der Waals surface area (Å²) in [6, 6.07) is 29.9. The van der Waals surface area contributed by atoms with Crippen molar-refractivity contribution in [2.24, 2.45) is 0 Å². The van der Waals surface area contributed by atoms with Crippen LogP contribution in [0.4, 0.5) is 4.39 Å². The third-order valence-electron chi connectivity index (χ3n) is 9.73. The first kappa shape index (κ1) is 34.0. The first-order valence-corrected chi connectivity index (χ1v) is 19.1. The van der Waals surface area contributed by atoms with Crippen LogP contribution in [0.15, 0.2) is 78.9 Å². The van der Waals surface area contributed by atoms with Crippen LogP contribution in [0.2, 0.25) is 18.1 Å². The molecule has 3 aromatic rings. The second-order valence-corrected chi connectivity index (χ2v) is 17.1. The number of nitrogens with zero attached hydrogens (tertiary/aromatic N) is 3. The zero-order chi connectivity index (χ0) is 31.7. The van der Waals surface area contributed by atoms with Crippen molar-refractivity contribution in [3.8, 4) is 0 Å². The minimum absolute atomic E-state index is 0.0589. The minimum atomic E-state index is -1.68. The van der Waals surface area contributed by atoms with Gasteiger partial charge in [0.25, 0.3) is 5.91 Å². The summed E-state index contributed by atoms with van der Waals surface area (Å²) in [7, 11) is -1.68. The largest absolute Gasteiger partial charge is 0.415 e. The van der Waals surface area contributed by atoms with E-state index in [9.17, 15) is 9.18 Å². The number of benzene rings is 3. The molecule has 5 nitrogen and oxygen atoms in total. The Hall–Kier alpha value is -2.84. The summed E-state index contributed by atoms with van der Waals surface area (Å²) >= 11 is 0. The molecule has 7 heteroatoms. The first-order valence-electron chi connectivity index (χ1n) is 16.6. The quantitative estimate of drug-likeness (QED) is 0.172. The Morgan fingerprint density at radius 3 is 2.16 bits per heavy atom. The summed E-state index contributed by atoms with van der Waals surface area (Å²) in [4.78, 5) is 20.5. The highest BCUT2D eigenvalue weighted by Crippen LogP contribution is 2.34. The molecule has 1 fully saturated rings. The molecule has 1 unspecified atom stereocenters. The van der Waals surface area contributed by atoms with Gasteiger partial charge in [-0.1, -0.05) is 75.4 Å². The lowest BCUT2D eigenvalue weighted by atomic mass is 9.92. The number of hydrogen-bond acceptors (Lipinski definition) is 4. The summed E-state index contributed by atoms with van der Waals surface area (Å²) in [6.45, 7) is 17.7. The second-order valence-electron chi connectivity index (χ2n) is 12.4. The highest BCUT2D eigenvalue weighted by Gasteiger charge is 2.35. The van der Waals surface area contributed by atoms with E-state index >= 15 is 0 Å². The molecule has 3 atom stereocenters. The van der Waals surface area contributed by atoms with E-state index in [0.717, 1.165) is 43.3 Å². The van der Waals surface area contributed by atoms with Crippen molar-refractivity contribution in [2.45, 2.75) is 84.3 Å². The van der Waals surface area contributed by atoms with Gasteiger partial charge in [-0.2, -0.15) is 0 Å². The summed E-state index contributed by atoms with van der Waals surface area (Å²) < 4.78 is 20.3. The van der Waals surface area contributed by atoms with Crippen LogP contribution < -0.4 is 0 Å². The van der Waals surface area contributed by atoms with Crippen LogP contribution in [0.5, 0.6) is 0 Å². The van der Waals surface area contributed by atoms with E-state index in [1.54, 1.807) is 12.1 Å². The molecule has 0 radical (unpaired) electrons. The lowest BCUT2D eigenvalue weighted by Crippen LogP contribution is -2.56. The standard InChI is InChI=1S/C37H52FN3O2Si/c1-7-39(23-24-43-44(8-2,9-3)10-4)37(42)34-21-19-33(20-22-34)36(32-16-12-11-13-17-32)41-27-29(5)40(26-30(41)6)28-31-15-14-18-35(38)25-31/h11-22,25,29-30,36H,7-10,23-24,26-28H2,1-6H3/t29-,30-,36?/m0/s1. The molecule has 0 bridgehead atoms. The van der Waals surface area contributed by atoms with Crippen molar-refractivity contribution < 1.29 is 13.6 Å². The van der Waals surface area contributed by atoms with Crippen LogP contribution in [0, 0.1) is 5.82 Å². The van der Waals surface area contributed by atoms with E-state index in [1.165, 1.54) is 17.2 Å². The molecule has 1 amide bonds. The van der Waals surface area contributed by atoms with E-state index in [2.05, 4.69) is 86.9 Å². The predicted molar refractivity (Wildman–Crippen MR) is 182 cm³/mol. The maximum absolute atomic E-state index is 13.9. The van der Waals surface area contributed by atoms with Crippen molar-refractivity contribution in [1.29, 1.82) is 0 Å². The highest BCUT2D eigenvalue weighted by molar-refractivity contribution is 6.73. The van der Waals surface area contributed by atoms with Crippen LogP contribution in [0.3, 0.4) is 0 Å². The molecule has 238 valence electrons. The SMILES string of the molecule is CCN(CCO[Si](CC)(CC)CC)C(=O)c1ccc(C(c2ccccc2)N2C[C@H](C)N(Cc3cccc(F)c3)C[C@@H]2C)cc1. The van der Waals surface area contributed by atoms with Gasteiger partial charge in [-0.15, -0.1) is 0 Å². The van der Waals surface area contributed by atoms with E-state index in [-0.39, 0.29) is 23.8 Å². The van der Waals surface area contributed by atoms with Crippen molar-refractivity contribution in [2.75, 3.05) is 32.8 Å². The number of rotatable bonds is 14. The minimum Gasteiger partial charge on any atom is -0.415 e. The van der Waals surface area contributed by atoms with Crippen molar-refractivity contribution in [1.82, 2.24) is 14.7 Å². The van der Waals surface area contributed by atoms with Crippen LogP contribution >= 0.6 is 0 Å². The monoisotopic (exact) mass is 617 g/mol. The van der Waals surface area contributed by atoms with Crippen LogP contribution in [-0.2, 0) is 11.0 Å². The number of likely N-dealkylation sites (N-methyl/N-ethyl adjacent to an activating group) is 1. The number of halogens is 1. The Bertz CT molecular complexity index is 1310. The molecule has 1 aliphatic rings. The van der Waals surface area contributed by atoms with E-state index in [4.69, 9.17) is 4.43 Å². The molecule has 0 spiro atoms. The van der Waals surface area contributed by atoms with Gasteiger partial charge in [0.15, 0.2) is 8.32 Å². The fraction of sp³-hybridized carbons (Fsp3) is 0.486. The second kappa shape index (κ2) is 15.9. The van der Waals surface area contributed by atoms with Crippen LogP contribution in [0.25, 0.3) is 0 Å². The summed E-state index contributed by atoms with van der Waals surface area (Å²) in [5.41, 5.74) is 4.15. The van der Waals surface area contributed by atoms with Gasteiger partial charge >= 0.3 is 0 Å². The maximum Gasteiger partial charge on any atom is 0.253 e. The van der Waals surface area contributed by atoms with Gasteiger partial charge in [0.05, 0.1) is 12.6 Å². The van der Waals surface area contributed by atoms with E-state index in [1.807, 2.05) is 30.0 Å². The summed E-state index contributed by atoms with van der Waals surface area (Å²) in [5, 5.41) is 0. The smallest absolute Gasteiger partial charge is 0.253 e. The summed E-state index contributed by atoms with van der Waals surface area (Å²) in [5.74, 6) is -0.125. The van der Waals surface area contributed by atoms with Gasteiger partial charge < -0.3 is 9.33 Å². The van der Waals surface area contributed by atoms with E-state index in [0.29, 0.717) is 31.3 Å². The lowest BCUT2D eigenvalue weighted by molar-refractivity contribution is 0.0195. The van der Waals surface area contributed by atoms with E-state index < -0.39 is 8.32 Å². The number of hydrogen-bond donors (Lipinski definition) is 0. The third kappa shape index (κ3) is 8.24. The normalized spacial score (nSPS) is 18.7. The number of carbonyl (C=O) groups excluding carboxylic acids is 1. The predicted octanol–water partition coefficient (Wildman–Crippen LogP) is 7.99. The van der Waals surface area contributed by atoms with Crippen LogP contribution in [-0.4, -0.2) is 73.8 Å². The van der Waals surface area contributed by atoms with Gasteiger partial charge in [0.1, 0.15) is 5.82 Å². The lowest BCUT2D eigenvalue weighted by Gasteiger charge is -2.47. The fourth-order valence-corrected chi connectivity index (χ4v) is 9.34. The molecule has 0 aliphatic carbocycles. The number of amides is 1. The third-order valence-corrected chi connectivity index (χ3v) is 14.4. The topological polar surface area (TPSA) is 36.0 Å². The van der Waals surface area contributed by atoms with Crippen LogP contribution in [0.1, 0.15) is 74.6 Å². The molecule has 1 heterocycles. The Kier molecular flexibility index (Phi) is 12.3. The average molecular weight is 618 g/mol. The van der Waals surface area contributed by atoms with Crippen molar-refractivity contribution >= 4 is 14.2 Å². The highest BCUT2D eigenvalue weighted by atomic mass is 28.4. The molecule has 3 aromatic carbocycles. The Labute approximate surface area is 266 Å². The van der Waals surface area contributed by atoms with Gasteiger partial charge in [0, 0.05) is 50.4 Å². The number of carbonyl (C=O) groups is 1. The molecule has 0 saturated carbocycles. The van der Waals surface area contributed by atoms with Crippen molar-refractivity contribution in [3.63, 3.8) is 0 Å². The van der Waals surface area contributed by atoms with Gasteiger partial charge in [-0.25, -0.2) is 4.39 Å². The Morgan fingerprint density at radius 1 is 0.886 bits per heavy atom. The molecular formula is C37H52FN3O2Si. The Balaban J connectivity index is 1.50. The zero-order valence-corrected chi connectivity index (χ0v) is 28.6. The maximum atomic E-state index is 13.9. The molecule has 0 aromatic heterocycles.